The van der Waals surface area contributed by atoms with Crippen LogP contribution in [0.15, 0.2) is 17.1 Å². The molecular weight excluding hydrogens is 549 g/mol. The van der Waals surface area contributed by atoms with Crippen molar-refractivity contribution in [3.05, 3.63) is 27.4 Å². The van der Waals surface area contributed by atoms with E-state index >= 15 is 0 Å². The van der Waals surface area contributed by atoms with Crippen LogP contribution in [-0.2, 0) is 23.1 Å². The van der Waals surface area contributed by atoms with Crippen molar-refractivity contribution in [2.45, 2.75) is 108 Å². The molecule has 14 heteroatoms. The summed E-state index contributed by atoms with van der Waals surface area (Å²) >= 11 is 5.10. The third-order valence-electron chi connectivity index (χ3n) is 6.69. The van der Waals surface area contributed by atoms with E-state index in [1.165, 1.54) is 75.1 Å². The summed E-state index contributed by atoms with van der Waals surface area (Å²) < 4.78 is 34.7. The molecule has 1 aliphatic heterocycles. The topological polar surface area (TPSA) is 178 Å². The van der Waals surface area contributed by atoms with Gasteiger partial charge in [-0.1, -0.05) is 64.7 Å². The lowest BCUT2D eigenvalue weighted by atomic mass is 9.96. The van der Waals surface area contributed by atoms with Crippen molar-refractivity contribution in [3.8, 4) is 0 Å². The Balaban J connectivity index is 1.63. The number of rotatable bonds is 20. The summed E-state index contributed by atoms with van der Waals surface area (Å²) in [6, 6.07) is 0.559. The maximum atomic E-state index is 12.3. The van der Waals surface area contributed by atoms with Crippen molar-refractivity contribution >= 4 is 20.0 Å². The number of aromatic nitrogens is 2. The second kappa shape index (κ2) is 17.1. The Morgan fingerprint density at radius 1 is 1.15 bits per heavy atom. The first-order valence-corrected chi connectivity index (χ1v) is 15.7. The number of unbranched alkanes of at least 4 members (excludes halogenated alkanes) is 9. The highest BCUT2D eigenvalue weighted by Gasteiger charge is 2.53. The number of phosphoric ester groups is 1. The molecular formula is C25H46N3O9PS. The highest BCUT2D eigenvalue weighted by Crippen LogP contribution is 2.45. The van der Waals surface area contributed by atoms with Crippen LogP contribution in [-0.4, -0.2) is 74.9 Å². The van der Waals surface area contributed by atoms with Crippen LogP contribution >= 0.6 is 20.0 Å². The zero-order chi connectivity index (χ0) is 28.9. The van der Waals surface area contributed by atoms with Gasteiger partial charge >= 0.3 is 7.82 Å². The number of aromatic amines is 1. The lowest BCUT2D eigenvalue weighted by molar-refractivity contribution is -0.0978. The van der Waals surface area contributed by atoms with Crippen LogP contribution in [0.5, 0.6) is 0 Å². The van der Waals surface area contributed by atoms with E-state index in [0.29, 0.717) is 6.61 Å². The van der Waals surface area contributed by atoms with Crippen molar-refractivity contribution < 1.29 is 38.2 Å². The zero-order valence-corrected chi connectivity index (χ0v) is 24.7. The van der Waals surface area contributed by atoms with Gasteiger partial charge in [-0.15, -0.1) is 0 Å². The number of nitrogens with zero attached hydrogens (tertiary/aromatic N) is 1. The SMILES string of the molecule is CCCCCCCCCCCCOCC(N)COP(=O)(O)OC[C@H]1O[C@@H](n2ccc(=O)[nH]c2=S)C(C)(O)[C@H]1O. The van der Waals surface area contributed by atoms with E-state index in [-0.39, 0.29) is 18.0 Å². The maximum absolute atomic E-state index is 12.3. The van der Waals surface area contributed by atoms with E-state index in [9.17, 15) is 24.5 Å². The predicted octanol–water partition coefficient (Wildman–Crippen LogP) is 3.31. The Kier molecular flexibility index (Phi) is 15.0. The summed E-state index contributed by atoms with van der Waals surface area (Å²) in [6.45, 7) is 3.45. The molecule has 6 N–H and O–H groups in total. The van der Waals surface area contributed by atoms with E-state index in [1.807, 2.05) is 0 Å². The van der Waals surface area contributed by atoms with Gasteiger partial charge in [0.15, 0.2) is 11.0 Å². The third-order valence-corrected chi connectivity index (χ3v) is 7.95. The largest absolute Gasteiger partial charge is 0.472 e. The number of aliphatic hydroxyl groups excluding tert-OH is 1. The number of hydrogen-bond acceptors (Lipinski definition) is 10. The van der Waals surface area contributed by atoms with Gasteiger partial charge in [0.1, 0.15) is 17.8 Å². The molecule has 1 aromatic rings. The second-order valence-corrected chi connectivity index (χ2v) is 12.1. The van der Waals surface area contributed by atoms with Crippen molar-refractivity contribution in [2.75, 3.05) is 26.4 Å². The first-order valence-electron chi connectivity index (χ1n) is 13.8. The number of H-pyrrole nitrogens is 1. The molecule has 0 aromatic carbocycles. The lowest BCUT2D eigenvalue weighted by Gasteiger charge is -2.27. The Bertz CT molecular complexity index is 1010. The summed E-state index contributed by atoms with van der Waals surface area (Å²) in [6.07, 6.45) is 9.79. The van der Waals surface area contributed by atoms with E-state index in [0.717, 1.165) is 12.8 Å². The minimum absolute atomic E-state index is 0.0259. The molecule has 1 aliphatic rings. The minimum Gasteiger partial charge on any atom is -0.387 e. The molecule has 0 aliphatic carbocycles. The molecule has 1 saturated heterocycles. The highest BCUT2D eigenvalue weighted by atomic mass is 32.1. The van der Waals surface area contributed by atoms with Crippen LogP contribution in [0.2, 0.25) is 0 Å². The molecule has 0 spiro atoms. The number of ether oxygens (including phenoxy) is 2. The van der Waals surface area contributed by atoms with E-state index < -0.39 is 50.1 Å². The molecule has 0 radical (unpaired) electrons. The Morgan fingerprint density at radius 2 is 1.77 bits per heavy atom. The summed E-state index contributed by atoms with van der Waals surface area (Å²) in [5, 5.41) is 21.3. The summed E-state index contributed by atoms with van der Waals surface area (Å²) in [5.41, 5.74) is 3.65. The van der Waals surface area contributed by atoms with Gasteiger partial charge in [0, 0.05) is 18.9 Å². The fourth-order valence-corrected chi connectivity index (χ4v) is 5.41. The summed E-state index contributed by atoms with van der Waals surface area (Å²) in [7, 11) is -4.53. The van der Waals surface area contributed by atoms with Gasteiger partial charge in [0.05, 0.1) is 25.9 Å². The molecule has 39 heavy (non-hydrogen) atoms. The van der Waals surface area contributed by atoms with Crippen LogP contribution in [0.4, 0.5) is 0 Å². The fraction of sp³-hybridized carbons (Fsp3) is 0.840. The van der Waals surface area contributed by atoms with Crippen molar-refractivity contribution in [2.24, 2.45) is 5.73 Å². The van der Waals surface area contributed by atoms with Gasteiger partial charge in [-0.2, -0.15) is 0 Å². The van der Waals surface area contributed by atoms with Gasteiger partial charge in [-0.05, 0) is 25.6 Å². The monoisotopic (exact) mass is 595 g/mol. The molecule has 0 bridgehead atoms. The zero-order valence-electron chi connectivity index (χ0n) is 23.0. The molecule has 2 rings (SSSR count). The first-order chi connectivity index (χ1) is 18.5. The van der Waals surface area contributed by atoms with Crippen LogP contribution in [0, 0.1) is 4.77 Å². The third kappa shape index (κ3) is 11.8. The van der Waals surface area contributed by atoms with Gasteiger partial charge in [0.25, 0.3) is 5.56 Å². The summed E-state index contributed by atoms with van der Waals surface area (Å²) in [4.78, 5) is 23.9. The van der Waals surface area contributed by atoms with Crippen LogP contribution in [0.1, 0.15) is 84.3 Å². The summed E-state index contributed by atoms with van der Waals surface area (Å²) in [5.74, 6) is 0. The molecule has 0 amide bonds. The molecule has 6 atom stereocenters. The average molecular weight is 596 g/mol. The predicted molar refractivity (Wildman–Crippen MR) is 149 cm³/mol. The van der Waals surface area contributed by atoms with Gasteiger partial charge in [-0.25, -0.2) is 4.57 Å². The quantitative estimate of drug-likeness (QED) is 0.0848. The van der Waals surface area contributed by atoms with Crippen molar-refractivity contribution in [3.63, 3.8) is 0 Å². The number of nitrogens with one attached hydrogen (secondary N) is 1. The minimum atomic E-state index is -4.53. The molecule has 2 heterocycles. The van der Waals surface area contributed by atoms with Gasteiger partial charge < -0.3 is 30.3 Å². The Hall–Kier alpha value is -0.990. The molecule has 226 valence electrons. The number of nitrogens with two attached hydrogens (primary N) is 1. The van der Waals surface area contributed by atoms with E-state index in [1.54, 1.807) is 0 Å². The molecule has 12 nitrogen and oxygen atoms in total. The molecule has 3 unspecified atom stereocenters. The smallest absolute Gasteiger partial charge is 0.387 e. The number of hydrogen-bond donors (Lipinski definition) is 5. The van der Waals surface area contributed by atoms with Gasteiger partial charge in [-0.3, -0.25) is 23.4 Å². The number of phosphoric acid groups is 1. The van der Waals surface area contributed by atoms with Crippen LogP contribution in [0.3, 0.4) is 0 Å². The Morgan fingerprint density at radius 3 is 2.38 bits per heavy atom. The fourth-order valence-electron chi connectivity index (χ4n) is 4.36. The van der Waals surface area contributed by atoms with Crippen LogP contribution in [0.25, 0.3) is 0 Å². The number of aliphatic hydroxyl groups is 2. The lowest BCUT2D eigenvalue weighted by Crippen LogP contribution is -2.44. The van der Waals surface area contributed by atoms with Crippen molar-refractivity contribution in [1.82, 2.24) is 9.55 Å². The first kappa shape index (κ1) is 34.2. The Labute approximate surface area is 235 Å². The highest BCUT2D eigenvalue weighted by molar-refractivity contribution is 7.71. The van der Waals surface area contributed by atoms with Crippen LogP contribution < -0.4 is 11.3 Å². The van der Waals surface area contributed by atoms with Gasteiger partial charge in [0.2, 0.25) is 0 Å². The second-order valence-electron chi connectivity index (χ2n) is 10.3. The van der Waals surface area contributed by atoms with E-state index in [4.69, 9.17) is 36.5 Å². The van der Waals surface area contributed by atoms with Crippen molar-refractivity contribution in [1.29, 1.82) is 0 Å². The standard InChI is InChI=1S/C25H46N3O9PS/c1-3-4-5-6-7-8-9-10-11-12-15-34-16-19(26)17-35-38(32,33)36-18-20-22(30)25(2,31)23(37-20)28-14-13-21(29)27-24(28)39/h13-14,19-20,22-23,30-31H,3-12,15-18,26H2,1-2H3,(H,32,33)(H,27,29,39)/t19?,20-,22+,23-,25?/m1/s1. The maximum Gasteiger partial charge on any atom is 0.472 e. The molecule has 1 fully saturated rings. The normalized spacial score (nSPS) is 25.5. The molecule has 1 aromatic heterocycles. The molecule has 0 saturated carbocycles. The average Bonchev–Trinajstić information content (AvgIpc) is 3.10. The van der Waals surface area contributed by atoms with E-state index in [2.05, 4.69) is 11.9 Å².